The number of imidazole rings is 1. The van der Waals surface area contributed by atoms with Crippen molar-refractivity contribution in [3.05, 3.63) is 35.6 Å². The number of rotatable bonds is 6. The van der Waals surface area contributed by atoms with Crippen molar-refractivity contribution in [3.63, 3.8) is 0 Å². The fourth-order valence-corrected chi connectivity index (χ4v) is 4.27. The lowest BCUT2D eigenvalue weighted by Crippen LogP contribution is -2.42. The number of hydrazine groups is 1. The molecule has 0 aliphatic carbocycles. The minimum atomic E-state index is -0.903. The minimum Gasteiger partial charge on any atom is -0.357 e. The molecule has 0 spiro atoms. The Morgan fingerprint density at radius 1 is 1.26 bits per heavy atom. The normalized spacial score (nSPS) is 25.3. The summed E-state index contributed by atoms with van der Waals surface area (Å²) < 4.78 is 19.7. The van der Waals surface area contributed by atoms with E-state index >= 15 is 0 Å². The molecule has 4 atom stereocenters. The molecule has 2 aliphatic heterocycles. The van der Waals surface area contributed by atoms with Gasteiger partial charge in [0.05, 0.1) is 6.33 Å². The monoisotopic (exact) mass is 490 g/mol. The molecule has 0 saturated carbocycles. The zero-order valence-electron chi connectivity index (χ0n) is 18.5. The first-order valence-electron chi connectivity index (χ1n) is 10.7. The predicted molar refractivity (Wildman–Crippen MR) is 119 cm³/mol. The van der Waals surface area contributed by atoms with E-state index in [1.165, 1.54) is 6.33 Å². The number of hydrogen-bond donors (Lipinski definition) is 4. The summed E-state index contributed by atoms with van der Waals surface area (Å²) in [6.07, 6.45) is 0.247. The Hall–Kier alpha value is -3.26. The number of halogens is 1. The Morgan fingerprint density at radius 3 is 2.79 bits per heavy atom. The number of nitrogens with one attached hydrogen (secondary N) is 4. The smallest absolute Gasteiger partial charge is 0.286 e. The van der Waals surface area contributed by atoms with E-state index in [0.29, 0.717) is 23.4 Å². The van der Waals surface area contributed by atoms with Gasteiger partial charge in [0.2, 0.25) is 5.28 Å². The second-order valence-corrected chi connectivity index (χ2v) is 8.57. The second kappa shape index (κ2) is 8.51. The number of amides is 2. The third-order valence-electron chi connectivity index (χ3n) is 5.44. The van der Waals surface area contributed by atoms with Crippen molar-refractivity contribution < 1.29 is 23.8 Å². The minimum absolute atomic E-state index is 0.0791. The van der Waals surface area contributed by atoms with Gasteiger partial charge in [0, 0.05) is 12.7 Å². The molecule has 13 nitrogen and oxygen atoms in total. The lowest BCUT2D eigenvalue weighted by atomic mass is 10.1. The van der Waals surface area contributed by atoms with E-state index < -0.39 is 36.2 Å². The third-order valence-corrected chi connectivity index (χ3v) is 5.61. The molecule has 3 aromatic heterocycles. The molecule has 4 N–H and O–H groups in total. The van der Waals surface area contributed by atoms with Crippen molar-refractivity contribution in [2.45, 2.75) is 51.1 Å². The number of aromatic amines is 1. The van der Waals surface area contributed by atoms with Gasteiger partial charge in [-0.25, -0.2) is 4.98 Å². The molecule has 2 amide bonds. The molecule has 3 aromatic rings. The molecular formula is C20H23ClN8O5. The van der Waals surface area contributed by atoms with Gasteiger partial charge >= 0.3 is 0 Å². The fraction of sp³-hybridized carbons (Fsp3) is 0.450. The summed E-state index contributed by atoms with van der Waals surface area (Å²) in [5.74, 6) is -1.42. The van der Waals surface area contributed by atoms with Gasteiger partial charge < -0.3 is 24.5 Å². The third kappa shape index (κ3) is 3.96. The molecule has 2 fully saturated rings. The molecule has 0 aromatic carbocycles. The van der Waals surface area contributed by atoms with Gasteiger partial charge in [-0.2, -0.15) is 9.97 Å². The van der Waals surface area contributed by atoms with Crippen LogP contribution in [0, 0.1) is 0 Å². The topological polar surface area (TPSA) is 157 Å². The number of ether oxygens (including phenoxy) is 3. The first-order chi connectivity index (χ1) is 16.3. The zero-order chi connectivity index (χ0) is 24.0. The van der Waals surface area contributed by atoms with Crippen LogP contribution in [0.4, 0.5) is 5.82 Å². The van der Waals surface area contributed by atoms with E-state index in [-0.39, 0.29) is 17.0 Å². The summed E-state index contributed by atoms with van der Waals surface area (Å²) in [7, 11) is 0. The quantitative estimate of drug-likeness (QED) is 0.293. The van der Waals surface area contributed by atoms with Gasteiger partial charge in [-0.05, 0) is 44.5 Å². The average Bonchev–Trinajstić information content (AvgIpc) is 3.55. The van der Waals surface area contributed by atoms with Gasteiger partial charge in [-0.1, -0.05) is 0 Å². The lowest BCUT2D eigenvalue weighted by Gasteiger charge is -2.24. The standard InChI is InChI=1S/C20H23ClN8O5/c1-4-22-17(31)12-11-13(34-20(2,3)33-11)18(32-12)29-8-24-10-14(25-19(21)26-15(10)29)27-28-16(30)9-6-5-7-23-9/h5-8,11-13,18,23H,4H2,1-3H3,(H,22,31)(H,28,30)(H,25,26,27)/t11-,12+,13-,18-/m1/s1. The Morgan fingerprint density at radius 2 is 2.06 bits per heavy atom. The number of aromatic nitrogens is 5. The van der Waals surface area contributed by atoms with E-state index in [4.69, 9.17) is 25.8 Å². The predicted octanol–water partition coefficient (Wildman–Crippen LogP) is 1.12. The van der Waals surface area contributed by atoms with Crippen molar-refractivity contribution in [3.8, 4) is 0 Å². The van der Waals surface area contributed by atoms with E-state index in [1.807, 2.05) is 6.92 Å². The number of likely N-dealkylation sites (N-methyl/N-ethyl adjacent to an activating group) is 1. The van der Waals surface area contributed by atoms with Crippen LogP contribution in [0.5, 0.6) is 0 Å². The van der Waals surface area contributed by atoms with E-state index in [9.17, 15) is 9.59 Å². The van der Waals surface area contributed by atoms with E-state index in [0.717, 1.165) is 0 Å². The largest absolute Gasteiger partial charge is 0.357 e. The van der Waals surface area contributed by atoms with E-state index in [2.05, 4.69) is 36.1 Å². The van der Waals surface area contributed by atoms with Crippen molar-refractivity contribution >= 4 is 40.4 Å². The number of carbonyl (C=O) groups excluding carboxylic acids is 2. The molecule has 5 rings (SSSR count). The summed E-state index contributed by atoms with van der Waals surface area (Å²) in [5, 5.41) is 2.68. The van der Waals surface area contributed by atoms with Gasteiger partial charge in [0.15, 0.2) is 35.1 Å². The molecule has 5 heterocycles. The molecule has 0 radical (unpaired) electrons. The van der Waals surface area contributed by atoms with E-state index in [1.54, 1.807) is 36.7 Å². The summed E-state index contributed by atoms with van der Waals surface area (Å²) in [4.78, 5) is 40.5. The number of hydrogen-bond acceptors (Lipinski definition) is 9. The van der Waals surface area contributed by atoms with Crippen molar-refractivity contribution in [2.24, 2.45) is 0 Å². The van der Waals surface area contributed by atoms with Crippen LogP contribution < -0.4 is 16.2 Å². The molecule has 34 heavy (non-hydrogen) atoms. The van der Waals surface area contributed by atoms with Crippen molar-refractivity contribution in [1.82, 2.24) is 35.2 Å². The average molecular weight is 491 g/mol. The lowest BCUT2D eigenvalue weighted by molar-refractivity contribution is -0.197. The van der Waals surface area contributed by atoms with Gasteiger partial charge in [0.1, 0.15) is 17.9 Å². The molecule has 0 bridgehead atoms. The highest BCUT2D eigenvalue weighted by Crippen LogP contribution is 2.44. The maximum absolute atomic E-state index is 12.6. The van der Waals surface area contributed by atoms with Gasteiger partial charge in [-0.3, -0.25) is 25.0 Å². The molecule has 14 heteroatoms. The van der Waals surface area contributed by atoms with Crippen LogP contribution in [-0.4, -0.2) is 67.0 Å². The van der Waals surface area contributed by atoms with Crippen LogP contribution in [0.2, 0.25) is 5.28 Å². The number of carbonyl (C=O) groups is 2. The molecule has 0 unspecified atom stereocenters. The maximum atomic E-state index is 12.6. The Labute approximate surface area is 198 Å². The maximum Gasteiger partial charge on any atom is 0.286 e. The van der Waals surface area contributed by atoms with Crippen LogP contribution >= 0.6 is 11.6 Å². The van der Waals surface area contributed by atoms with Crippen LogP contribution in [0.15, 0.2) is 24.7 Å². The zero-order valence-corrected chi connectivity index (χ0v) is 19.3. The van der Waals surface area contributed by atoms with Gasteiger partial charge in [-0.15, -0.1) is 0 Å². The highest BCUT2D eigenvalue weighted by atomic mass is 35.5. The first kappa shape index (κ1) is 22.5. The summed E-state index contributed by atoms with van der Waals surface area (Å²) in [6, 6.07) is 3.33. The first-order valence-corrected chi connectivity index (χ1v) is 11.0. The number of nitrogens with zero attached hydrogens (tertiary/aromatic N) is 4. The SMILES string of the molecule is CCNC(=O)[C@H]1O[C@@H](n2cnc3c(NNC(=O)c4ccc[nH]4)nc(Cl)nc32)[C@@H]2OC(C)(C)O[C@@H]21. The van der Waals surface area contributed by atoms with Crippen LogP contribution in [0.3, 0.4) is 0 Å². The Balaban J connectivity index is 1.46. The summed E-state index contributed by atoms with van der Waals surface area (Å²) >= 11 is 6.17. The molecule has 2 saturated heterocycles. The molecular weight excluding hydrogens is 468 g/mol. The number of fused-ring (bicyclic) bond motifs is 2. The van der Waals surface area contributed by atoms with Crippen LogP contribution in [0.1, 0.15) is 37.5 Å². The summed E-state index contributed by atoms with van der Waals surface area (Å²) in [6.45, 7) is 5.82. The number of anilines is 1. The highest BCUT2D eigenvalue weighted by molar-refractivity contribution is 6.28. The summed E-state index contributed by atoms with van der Waals surface area (Å²) in [5.41, 5.74) is 6.28. The Bertz CT molecular complexity index is 1230. The molecule has 2 aliphatic rings. The van der Waals surface area contributed by atoms with Gasteiger partial charge in [0.25, 0.3) is 11.8 Å². The van der Waals surface area contributed by atoms with Crippen LogP contribution in [0.25, 0.3) is 11.2 Å². The fourth-order valence-electron chi connectivity index (χ4n) is 4.10. The van der Waals surface area contributed by atoms with Crippen molar-refractivity contribution in [2.75, 3.05) is 12.0 Å². The molecule has 180 valence electrons. The van der Waals surface area contributed by atoms with Crippen molar-refractivity contribution in [1.29, 1.82) is 0 Å². The highest BCUT2D eigenvalue weighted by Gasteiger charge is 2.58. The Kier molecular flexibility index (Phi) is 5.64. The number of H-pyrrole nitrogens is 1. The second-order valence-electron chi connectivity index (χ2n) is 8.23. The van der Waals surface area contributed by atoms with Crippen LogP contribution in [-0.2, 0) is 19.0 Å².